The summed E-state index contributed by atoms with van der Waals surface area (Å²) in [5, 5.41) is 26.4. The van der Waals surface area contributed by atoms with E-state index in [1.165, 1.54) is 36.4 Å². The maximum absolute atomic E-state index is 12.9. The first-order chi connectivity index (χ1) is 36.2. The van der Waals surface area contributed by atoms with Gasteiger partial charge >= 0.3 is 12.2 Å². The van der Waals surface area contributed by atoms with Crippen molar-refractivity contribution in [1.29, 1.82) is 10.5 Å². The van der Waals surface area contributed by atoms with Gasteiger partial charge in [0.25, 0.3) is 5.91 Å². The van der Waals surface area contributed by atoms with E-state index in [2.05, 4.69) is 26.7 Å². The minimum atomic E-state index is -1.11. The second kappa shape index (κ2) is 24.2. The van der Waals surface area contributed by atoms with Gasteiger partial charge in [-0.05, 0) is 85.6 Å². The van der Waals surface area contributed by atoms with E-state index in [0.29, 0.717) is 83.9 Å². The Morgan fingerprint density at radius 3 is 1.63 bits per heavy atom. The molecule has 0 unspecified atom stereocenters. The summed E-state index contributed by atoms with van der Waals surface area (Å²) >= 11 is 6.26. The number of methoxy groups -OCH3 is 2. The number of halogens is 1. The van der Waals surface area contributed by atoms with Crippen LogP contribution in [0.15, 0.2) is 146 Å². The number of nitrogens with zero attached hydrogens (tertiary/aromatic N) is 6. The summed E-state index contributed by atoms with van der Waals surface area (Å²) in [6, 6.07) is 44.0. The van der Waals surface area contributed by atoms with Crippen LogP contribution < -0.4 is 39.4 Å². The summed E-state index contributed by atoms with van der Waals surface area (Å²) in [7, 11) is 7.73. The number of hydrogen-bond donors (Lipinski definition) is 2. The lowest BCUT2D eigenvalue weighted by atomic mass is 10.1. The van der Waals surface area contributed by atoms with Gasteiger partial charge in [-0.3, -0.25) is 24.6 Å². The van der Waals surface area contributed by atoms with Crippen LogP contribution in [0.5, 0.6) is 28.7 Å². The Labute approximate surface area is 438 Å². The molecule has 0 aliphatic heterocycles. The van der Waals surface area contributed by atoms with E-state index >= 15 is 0 Å². The van der Waals surface area contributed by atoms with Gasteiger partial charge in [-0.15, -0.1) is 0 Å². The van der Waals surface area contributed by atoms with Crippen LogP contribution in [0.4, 0.5) is 32.3 Å². The highest BCUT2D eigenvalue weighted by atomic mass is 35.5. The first-order valence-electron chi connectivity index (χ1n) is 23.1. The zero-order valence-electron chi connectivity index (χ0n) is 42.0. The minimum absolute atomic E-state index is 0.123. The van der Waals surface area contributed by atoms with E-state index in [0.717, 1.165) is 11.1 Å². The van der Waals surface area contributed by atoms with E-state index < -0.39 is 17.8 Å². The molecule has 0 spiro atoms. The number of pyridine rings is 2. The van der Waals surface area contributed by atoms with Crippen LogP contribution >= 0.6 is 11.6 Å². The Balaban J connectivity index is 0.000000256. The van der Waals surface area contributed by atoms with Gasteiger partial charge in [0.05, 0.1) is 58.5 Å². The molecule has 6 aromatic carbocycles. The maximum Gasteiger partial charge on any atom is 0.414 e. The summed E-state index contributed by atoms with van der Waals surface area (Å²) < 4.78 is 34.0. The molecule has 18 heteroatoms. The molecule has 380 valence electrons. The number of likely N-dealkylation sites (N-methyl/N-ethyl adjacent to an activating group) is 1. The number of carbonyl (C=O) groups excluding carboxylic acids is 3. The number of rotatable bonds is 15. The van der Waals surface area contributed by atoms with Gasteiger partial charge < -0.3 is 39.1 Å². The molecule has 17 nitrogen and oxygen atoms in total. The number of ether oxygens (including phenoxy) is 6. The van der Waals surface area contributed by atoms with Gasteiger partial charge in [0.2, 0.25) is 0 Å². The molecule has 3 amide bonds. The molecular weight excluding hydrogens is 976 g/mol. The van der Waals surface area contributed by atoms with Crippen molar-refractivity contribution in [3.8, 4) is 40.9 Å². The lowest BCUT2D eigenvalue weighted by molar-refractivity contribution is -0.133. The SMILES string of the molecule is CNC(=O)C(C)(C)Oc1ccccc1Oc1ccc(Nc2c(C#N)cnc3cc(N(C)C(=O)OCc4ccccc4)c(OC)cc23)cc1.COc1cc2c(Cl)c(C#N)cnc2cc1N(C)C(=O)OCc1ccccc1. The number of anilines is 4. The maximum atomic E-state index is 12.9. The zero-order chi connectivity index (χ0) is 53.6. The predicted molar refractivity (Wildman–Crippen MR) is 286 cm³/mol. The average molecular weight is 1030 g/mol. The zero-order valence-corrected chi connectivity index (χ0v) is 42.8. The van der Waals surface area contributed by atoms with Gasteiger partial charge in [0.1, 0.15) is 42.6 Å². The minimum Gasteiger partial charge on any atom is -0.495 e. The van der Waals surface area contributed by atoms with Gasteiger partial charge in [-0.2, -0.15) is 10.5 Å². The van der Waals surface area contributed by atoms with Crippen LogP contribution in [0.3, 0.4) is 0 Å². The summed E-state index contributed by atoms with van der Waals surface area (Å²) in [4.78, 5) is 49.1. The molecule has 0 radical (unpaired) electrons. The number of nitriles is 2. The third kappa shape index (κ3) is 12.7. The quantitative estimate of drug-likeness (QED) is 0.0978. The highest BCUT2D eigenvalue weighted by molar-refractivity contribution is 6.36. The predicted octanol–water partition coefficient (Wildman–Crippen LogP) is 11.9. The number of benzene rings is 6. The van der Waals surface area contributed by atoms with Crippen LogP contribution in [0.2, 0.25) is 5.02 Å². The largest absolute Gasteiger partial charge is 0.495 e. The first kappa shape index (κ1) is 53.2. The molecule has 0 saturated carbocycles. The number of nitrogens with one attached hydrogen (secondary N) is 2. The Bertz CT molecular complexity index is 3440. The number of carbonyl (C=O) groups is 3. The number of hydrogen-bond acceptors (Lipinski definition) is 14. The number of amides is 3. The standard InChI is InChI=1S/C37H35N5O6.C20H16ClN3O3/c1-37(2,35(43)39-3)48-32-14-10-9-13-31(32)47-27-17-15-26(16-18-27)41-34-25(21-38)22-40-29-20-30(33(45-5)19-28(29)34)42(4)36(44)46-23-24-11-7-6-8-12-24;1-24(20(25)27-12-13-6-4-3-5-7-13)17-9-16-15(8-18(17)26-2)19(21)14(10-22)11-23-16/h6-20,22H,23H2,1-5H3,(H,39,43)(H,40,41);3-9,11H,12H2,1-2H3. The molecule has 0 aliphatic carbocycles. The summed E-state index contributed by atoms with van der Waals surface area (Å²) in [6.07, 6.45) is 1.78. The Morgan fingerprint density at radius 1 is 0.640 bits per heavy atom. The lowest BCUT2D eigenvalue weighted by Crippen LogP contribution is -2.45. The van der Waals surface area contributed by atoms with E-state index in [-0.39, 0.29) is 24.7 Å². The summed E-state index contributed by atoms with van der Waals surface area (Å²) in [6.45, 7) is 3.64. The Kier molecular flexibility index (Phi) is 17.2. The van der Waals surface area contributed by atoms with Crippen LogP contribution in [-0.4, -0.2) is 69.0 Å². The molecular formula is C57H51ClN8O9. The van der Waals surface area contributed by atoms with Crippen molar-refractivity contribution in [1.82, 2.24) is 15.3 Å². The molecule has 0 atom stereocenters. The molecule has 2 heterocycles. The molecule has 75 heavy (non-hydrogen) atoms. The van der Waals surface area contributed by atoms with Crippen molar-refractivity contribution in [2.45, 2.75) is 32.7 Å². The number of aromatic nitrogens is 2. The lowest BCUT2D eigenvalue weighted by Gasteiger charge is -2.25. The number of fused-ring (bicyclic) bond motifs is 2. The van der Waals surface area contributed by atoms with Crippen molar-refractivity contribution in [2.24, 2.45) is 0 Å². The average Bonchev–Trinajstić information content (AvgIpc) is 3.44. The fourth-order valence-corrected chi connectivity index (χ4v) is 7.72. The van der Waals surface area contributed by atoms with E-state index in [9.17, 15) is 19.6 Å². The van der Waals surface area contributed by atoms with Crippen LogP contribution in [-0.2, 0) is 27.5 Å². The normalized spacial score (nSPS) is 10.6. The number of para-hydroxylation sites is 2. The fraction of sp³-hybridized carbons (Fsp3) is 0.175. The fourth-order valence-electron chi connectivity index (χ4n) is 7.48. The van der Waals surface area contributed by atoms with Crippen LogP contribution in [0.25, 0.3) is 21.8 Å². The Hall–Kier alpha value is -9.58. The molecule has 2 aromatic heterocycles. The van der Waals surface area contributed by atoms with Crippen LogP contribution in [0, 0.1) is 22.7 Å². The van der Waals surface area contributed by atoms with Crippen molar-refractivity contribution >= 4 is 74.2 Å². The van der Waals surface area contributed by atoms with Gasteiger partial charge in [0.15, 0.2) is 17.1 Å². The second-order valence-electron chi connectivity index (χ2n) is 16.9. The third-order valence-corrected chi connectivity index (χ3v) is 11.9. The molecule has 2 N–H and O–H groups in total. The highest BCUT2D eigenvalue weighted by Gasteiger charge is 2.30. The monoisotopic (exact) mass is 1030 g/mol. The van der Waals surface area contributed by atoms with E-state index in [4.69, 9.17) is 45.3 Å². The highest BCUT2D eigenvalue weighted by Crippen LogP contribution is 2.40. The Morgan fingerprint density at radius 2 is 1.12 bits per heavy atom. The van der Waals surface area contributed by atoms with Gasteiger partial charge in [-0.25, -0.2) is 9.59 Å². The molecule has 0 fully saturated rings. The van der Waals surface area contributed by atoms with Crippen LogP contribution in [0.1, 0.15) is 36.1 Å². The molecule has 8 rings (SSSR count). The van der Waals surface area contributed by atoms with E-state index in [1.807, 2.05) is 84.9 Å². The molecule has 0 aliphatic rings. The smallest absolute Gasteiger partial charge is 0.414 e. The van der Waals surface area contributed by atoms with Crippen molar-refractivity contribution in [2.75, 3.05) is 50.5 Å². The van der Waals surface area contributed by atoms with Gasteiger partial charge in [0, 0.05) is 50.0 Å². The van der Waals surface area contributed by atoms with E-state index in [1.54, 1.807) is 89.6 Å². The van der Waals surface area contributed by atoms with Crippen molar-refractivity contribution < 1.29 is 42.8 Å². The molecule has 0 saturated heterocycles. The summed E-state index contributed by atoms with van der Waals surface area (Å²) in [5.41, 5.74) is 4.45. The first-order valence-corrected chi connectivity index (χ1v) is 23.5. The van der Waals surface area contributed by atoms with Crippen molar-refractivity contribution in [3.63, 3.8) is 0 Å². The van der Waals surface area contributed by atoms with Gasteiger partial charge in [-0.1, -0.05) is 84.4 Å². The second-order valence-corrected chi connectivity index (χ2v) is 17.3. The van der Waals surface area contributed by atoms with Crippen molar-refractivity contribution in [3.05, 3.63) is 173 Å². The summed E-state index contributed by atoms with van der Waals surface area (Å²) in [5.74, 6) is 1.93. The third-order valence-electron chi connectivity index (χ3n) is 11.5. The molecule has 8 aromatic rings. The molecule has 0 bridgehead atoms. The topological polar surface area (TPSA) is 210 Å².